The summed E-state index contributed by atoms with van der Waals surface area (Å²) < 4.78 is 6.13. The molecule has 0 saturated carbocycles. The molecule has 2 aromatic heterocycles. The topological polar surface area (TPSA) is 64.9 Å². The van der Waals surface area contributed by atoms with Crippen LogP contribution in [-0.2, 0) is 0 Å². The zero-order valence-electron chi connectivity index (χ0n) is 10.2. The van der Waals surface area contributed by atoms with Gasteiger partial charge in [-0.2, -0.15) is 0 Å². The number of nitrogen functional groups attached to an aromatic ring is 1. The fourth-order valence-electron chi connectivity index (χ4n) is 1.92. The zero-order valence-corrected chi connectivity index (χ0v) is 12.5. The summed E-state index contributed by atoms with van der Waals surface area (Å²) >= 11 is 9.69. The molecule has 3 aromatic rings. The second kappa shape index (κ2) is 5.26. The number of rotatable bonds is 2. The van der Waals surface area contributed by atoms with Crippen molar-refractivity contribution in [3.63, 3.8) is 0 Å². The summed E-state index contributed by atoms with van der Waals surface area (Å²) in [4.78, 5) is 4.29. The van der Waals surface area contributed by atoms with E-state index in [-0.39, 0.29) is 5.82 Å². The van der Waals surface area contributed by atoms with Gasteiger partial charge in [-0.05, 0) is 40.2 Å². The van der Waals surface area contributed by atoms with Gasteiger partial charge in [-0.25, -0.2) is 0 Å². The minimum atomic E-state index is 0.287. The third-order valence-electron chi connectivity index (χ3n) is 2.84. The Labute approximate surface area is 128 Å². The average Bonchev–Trinajstić information content (AvgIpc) is 2.84. The lowest BCUT2D eigenvalue weighted by Crippen LogP contribution is -1.91. The van der Waals surface area contributed by atoms with Crippen molar-refractivity contribution in [3.8, 4) is 22.6 Å². The Morgan fingerprint density at radius 2 is 2.00 bits per heavy atom. The van der Waals surface area contributed by atoms with Crippen LogP contribution in [0.3, 0.4) is 0 Å². The molecule has 0 aliphatic rings. The fraction of sp³-hybridized carbons (Fsp3) is 0. The molecule has 0 saturated heterocycles. The van der Waals surface area contributed by atoms with Crippen LogP contribution in [0.1, 0.15) is 0 Å². The van der Waals surface area contributed by atoms with Crippen LogP contribution >= 0.6 is 27.5 Å². The van der Waals surface area contributed by atoms with Crippen LogP contribution in [0.25, 0.3) is 22.6 Å². The van der Waals surface area contributed by atoms with E-state index in [9.17, 15) is 0 Å². The SMILES string of the molecule is Nc1noc(-c2cccc(Br)c2Cl)c1-c1ccccn1. The minimum Gasteiger partial charge on any atom is -0.380 e. The van der Waals surface area contributed by atoms with Crippen molar-refractivity contribution in [2.24, 2.45) is 0 Å². The Morgan fingerprint density at radius 1 is 1.15 bits per heavy atom. The van der Waals surface area contributed by atoms with E-state index in [1.165, 1.54) is 0 Å². The number of aromatic nitrogens is 2. The number of benzene rings is 1. The highest BCUT2D eigenvalue weighted by Crippen LogP contribution is 2.40. The first-order valence-electron chi connectivity index (χ1n) is 5.79. The molecule has 0 amide bonds. The van der Waals surface area contributed by atoms with E-state index >= 15 is 0 Å². The second-order valence-electron chi connectivity index (χ2n) is 4.09. The first-order valence-corrected chi connectivity index (χ1v) is 6.96. The van der Waals surface area contributed by atoms with Crippen molar-refractivity contribution in [1.29, 1.82) is 0 Å². The predicted molar refractivity (Wildman–Crippen MR) is 82.3 cm³/mol. The minimum absolute atomic E-state index is 0.287. The molecular formula is C14H9BrClN3O. The molecule has 0 unspecified atom stereocenters. The Hall–Kier alpha value is -1.85. The van der Waals surface area contributed by atoms with Crippen LogP contribution in [0.2, 0.25) is 5.02 Å². The fourth-order valence-corrected chi connectivity index (χ4v) is 2.50. The van der Waals surface area contributed by atoms with Crippen molar-refractivity contribution < 1.29 is 4.52 Å². The highest BCUT2D eigenvalue weighted by molar-refractivity contribution is 9.10. The standard InChI is InChI=1S/C14H9BrClN3O/c15-9-5-3-4-8(12(9)16)13-11(14(17)19-20-13)10-6-1-2-7-18-10/h1-7H,(H2,17,19). The summed E-state index contributed by atoms with van der Waals surface area (Å²) in [6.45, 7) is 0. The van der Waals surface area contributed by atoms with Gasteiger partial charge in [0.15, 0.2) is 11.6 Å². The molecule has 6 heteroatoms. The van der Waals surface area contributed by atoms with Crippen LogP contribution in [0.15, 0.2) is 51.6 Å². The molecule has 20 heavy (non-hydrogen) atoms. The molecule has 0 radical (unpaired) electrons. The average molecular weight is 351 g/mol. The van der Waals surface area contributed by atoms with Crippen molar-refractivity contribution in [3.05, 3.63) is 52.1 Å². The third-order valence-corrected chi connectivity index (χ3v) is 4.13. The van der Waals surface area contributed by atoms with Crippen molar-refractivity contribution in [2.75, 3.05) is 5.73 Å². The summed E-state index contributed by atoms with van der Waals surface area (Å²) in [5.74, 6) is 0.794. The summed E-state index contributed by atoms with van der Waals surface area (Å²) in [7, 11) is 0. The first-order chi connectivity index (χ1) is 9.68. The number of nitrogens with zero attached hydrogens (tertiary/aromatic N) is 2. The van der Waals surface area contributed by atoms with E-state index < -0.39 is 0 Å². The third kappa shape index (κ3) is 2.19. The number of nitrogens with two attached hydrogens (primary N) is 1. The number of hydrogen-bond acceptors (Lipinski definition) is 4. The van der Waals surface area contributed by atoms with Gasteiger partial charge in [0.05, 0.1) is 16.3 Å². The van der Waals surface area contributed by atoms with Gasteiger partial charge in [0.25, 0.3) is 0 Å². The summed E-state index contributed by atoms with van der Waals surface area (Å²) in [6, 6.07) is 11.1. The summed E-state index contributed by atoms with van der Waals surface area (Å²) in [5.41, 5.74) is 7.95. The van der Waals surface area contributed by atoms with Gasteiger partial charge in [0.1, 0.15) is 0 Å². The molecule has 100 valence electrons. The quantitative estimate of drug-likeness (QED) is 0.744. The normalized spacial score (nSPS) is 10.7. The highest BCUT2D eigenvalue weighted by Gasteiger charge is 2.21. The van der Waals surface area contributed by atoms with Crippen molar-refractivity contribution in [2.45, 2.75) is 0 Å². The molecule has 0 bridgehead atoms. The van der Waals surface area contributed by atoms with Crippen LogP contribution in [0.5, 0.6) is 0 Å². The predicted octanol–water partition coefficient (Wildman–Crippen LogP) is 4.40. The molecule has 2 N–H and O–H groups in total. The Kier molecular flexibility index (Phi) is 3.46. The molecular weight excluding hydrogens is 342 g/mol. The monoisotopic (exact) mass is 349 g/mol. The zero-order chi connectivity index (χ0) is 14.1. The Bertz CT molecular complexity index is 758. The van der Waals surface area contributed by atoms with E-state index in [1.54, 1.807) is 6.20 Å². The van der Waals surface area contributed by atoms with Gasteiger partial charge in [0.2, 0.25) is 0 Å². The summed E-state index contributed by atoms with van der Waals surface area (Å²) in [5, 5.41) is 4.37. The smallest absolute Gasteiger partial charge is 0.180 e. The molecule has 0 spiro atoms. The lowest BCUT2D eigenvalue weighted by molar-refractivity contribution is 0.436. The van der Waals surface area contributed by atoms with E-state index in [1.807, 2.05) is 36.4 Å². The van der Waals surface area contributed by atoms with Crippen molar-refractivity contribution >= 4 is 33.3 Å². The number of pyridine rings is 1. The molecule has 0 fully saturated rings. The molecule has 2 heterocycles. The number of halogens is 2. The van der Waals surface area contributed by atoms with Gasteiger partial charge in [-0.1, -0.05) is 28.9 Å². The van der Waals surface area contributed by atoms with E-state index in [4.69, 9.17) is 21.9 Å². The van der Waals surface area contributed by atoms with Gasteiger partial charge in [-0.3, -0.25) is 4.98 Å². The van der Waals surface area contributed by atoms with Crippen molar-refractivity contribution in [1.82, 2.24) is 10.1 Å². The second-order valence-corrected chi connectivity index (χ2v) is 5.32. The van der Waals surface area contributed by atoms with E-state index in [2.05, 4.69) is 26.1 Å². The Balaban J connectivity index is 2.24. The number of hydrogen-bond donors (Lipinski definition) is 1. The van der Waals surface area contributed by atoms with Crippen LogP contribution < -0.4 is 5.73 Å². The van der Waals surface area contributed by atoms with Gasteiger partial charge < -0.3 is 10.3 Å². The van der Waals surface area contributed by atoms with E-state index in [0.29, 0.717) is 27.6 Å². The lowest BCUT2D eigenvalue weighted by Gasteiger charge is -2.05. The van der Waals surface area contributed by atoms with Crippen LogP contribution in [-0.4, -0.2) is 10.1 Å². The van der Waals surface area contributed by atoms with Gasteiger partial charge in [-0.15, -0.1) is 0 Å². The van der Waals surface area contributed by atoms with Gasteiger partial charge in [0, 0.05) is 16.2 Å². The molecule has 3 rings (SSSR count). The molecule has 0 atom stereocenters. The lowest BCUT2D eigenvalue weighted by atomic mass is 10.1. The molecule has 4 nitrogen and oxygen atoms in total. The molecule has 1 aromatic carbocycles. The summed E-state index contributed by atoms with van der Waals surface area (Å²) in [6.07, 6.45) is 1.69. The van der Waals surface area contributed by atoms with Gasteiger partial charge >= 0.3 is 0 Å². The highest BCUT2D eigenvalue weighted by atomic mass is 79.9. The maximum absolute atomic E-state index is 6.30. The largest absolute Gasteiger partial charge is 0.380 e. The Morgan fingerprint density at radius 3 is 2.75 bits per heavy atom. The maximum Gasteiger partial charge on any atom is 0.180 e. The molecule has 0 aliphatic carbocycles. The molecule has 0 aliphatic heterocycles. The van der Waals surface area contributed by atoms with E-state index in [0.717, 1.165) is 4.47 Å². The van der Waals surface area contributed by atoms with Crippen LogP contribution in [0.4, 0.5) is 5.82 Å². The number of anilines is 1. The first kappa shape index (κ1) is 13.1. The maximum atomic E-state index is 6.30. The van der Waals surface area contributed by atoms with Crippen LogP contribution in [0, 0.1) is 0 Å².